The van der Waals surface area contributed by atoms with Crippen LogP contribution in [0.5, 0.6) is 0 Å². The summed E-state index contributed by atoms with van der Waals surface area (Å²) in [6.45, 7) is 1.89. The Morgan fingerprint density at radius 3 is 2.67 bits per heavy atom. The molecule has 0 bridgehead atoms. The lowest BCUT2D eigenvalue weighted by Crippen LogP contribution is -2.14. The van der Waals surface area contributed by atoms with E-state index in [0.29, 0.717) is 5.02 Å². The van der Waals surface area contributed by atoms with E-state index in [2.05, 4.69) is 0 Å². The van der Waals surface area contributed by atoms with Gasteiger partial charge in [0.1, 0.15) is 0 Å². The first-order valence-corrected chi connectivity index (χ1v) is 4.15. The van der Waals surface area contributed by atoms with E-state index in [4.69, 9.17) is 22.4 Å². The largest absolute Gasteiger partial charge is 0.394 e. The molecule has 0 saturated carbocycles. The highest BCUT2D eigenvalue weighted by Crippen LogP contribution is 2.18. The van der Waals surface area contributed by atoms with Crippen LogP contribution in [-0.2, 0) is 0 Å². The van der Waals surface area contributed by atoms with E-state index in [-0.39, 0.29) is 12.6 Å². The highest BCUT2D eigenvalue weighted by molar-refractivity contribution is 6.30. The predicted molar refractivity (Wildman–Crippen MR) is 50.2 cm³/mol. The SMILES string of the molecule is Cc1cc(Cl)cc([C@H](N)CO)c1. The van der Waals surface area contributed by atoms with Crippen LogP contribution in [-0.4, -0.2) is 11.7 Å². The van der Waals surface area contributed by atoms with Crippen LogP contribution in [0.25, 0.3) is 0 Å². The van der Waals surface area contributed by atoms with Crippen LogP contribution in [0.2, 0.25) is 5.02 Å². The van der Waals surface area contributed by atoms with E-state index >= 15 is 0 Å². The van der Waals surface area contributed by atoms with Crippen molar-refractivity contribution in [1.29, 1.82) is 0 Å². The molecule has 0 aliphatic carbocycles. The summed E-state index contributed by atoms with van der Waals surface area (Å²) in [6.07, 6.45) is 0. The third-order valence-corrected chi connectivity index (χ3v) is 1.91. The van der Waals surface area contributed by atoms with Crippen LogP contribution < -0.4 is 5.73 Å². The standard InChI is InChI=1S/C9H12ClNO/c1-6-2-7(9(11)5-12)4-8(10)3-6/h2-4,9,12H,5,11H2,1H3/t9-/m1/s1. The minimum atomic E-state index is -0.331. The Kier molecular flexibility index (Phi) is 3.09. The molecule has 3 N–H and O–H groups in total. The second kappa shape index (κ2) is 3.90. The molecule has 1 aromatic rings. The summed E-state index contributed by atoms with van der Waals surface area (Å²) in [5, 5.41) is 9.46. The molecule has 0 spiro atoms. The van der Waals surface area contributed by atoms with E-state index in [1.165, 1.54) is 0 Å². The van der Waals surface area contributed by atoms with Crippen molar-refractivity contribution in [2.45, 2.75) is 13.0 Å². The van der Waals surface area contributed by atoms with Gasteiger partial charge in [0.05, 0.1) is 12.6 Å². The summed E-state index contributed by atoms with van der Waals surface area (Å²) < 4.78 is 0. The number of halogens is 1. The maximum atomic E-state index is 8.80. The molecule has 0 unspecified atom stereocenters. The smallest absolute Gasteiger partial charge is 0.0624 e. The van der Waals surface area contributed by atoms with E-state index in [1.807, 2.05) is 19.1 Å². The summed E-state index contributed by atoms with van der Waals surface area (Å²) in [5.74, 6) is 0. The third-order valence-electron chi connectivity index (χ3n) is 1.69. The average molecular weight is 186 g/mol. The van der Waals surface area contributed by atoms with Gasteiger partial charge < -0.3 is 10.8 Å². The van der Waals surface area contributed by atoms with Crippen molar-refractivity contribution in [3.63, 3.8) is 0 Å². The monoisotopic (exact) mass is 185 g/mol. The second-order valence-corrected chi connectivity index (χ2v) is 3.29. The maximum absolute atomic E-state index is 8.80. The molecule has 66 valence electrons. The third kappa shape index (κ3) is 2.21. The first-order chi connectivity index (χ1) is 5.63. The minimum absolute atomic E-state index is 0.0558. The first kappa shape index (κ1) is 9.52. The van der Waals surface area contributed by atoms with E-state index in [0.717, 1.165) is 11.1 Å². The van der Waals surface area contributed by atoms with Crippen molar-refractivity contribution in [3.05, 3.63) is 34.3 Å². The van der Waals surface area contributed by atoms with Gasteiger partial charge >= 0.3 is 0 Å². The van der Waals surface area contributed by atoms with Gasteiger partial charge in [-0.05, 0) is 30.2 Å². The zero-order valence-corrected chi connectivity index (χ0v) is 7.67. The van der Waals surface area contributed by atoms with Gasteiger partial charge in [-0.1, -0.05) is 17.7 Å². The van der Waals surface area contributed by atoms with Gasteiger partial charge in [0.2, 0.25) is 0 Å². The molecule has 0 heterocycles. The molecule has 1 atom stereocenters. The summed E-state index contributed by atoms with van der Waals surface area (Å²) in [4.78, 5) is 0. The fraction of sp³-hybridized carbons (Fsp3) is 0.333. The Morgan fingerprint density at radius 1 is 1.50 bits per heavy atom. The van der Waals surface area contributed by atoms with Crippen LogP contribution in [0, 0.1) is 6.92 Å². The van der Waals surface area contributed by atoms with Gasteiger partial charge in [-0.15, -0.1) is 0 Å². The van der Waals surface area contributed by atoms with Gasteiger partial charge in [0.25, 0.3) is 0 Å². The first-order valence-electron chi connectivity index (χ1n) is 3.77. The highest BCUT2D eigenvalue weighted by Gasteiger charge is 2.04. The van der Waals surface area contributed by atoms with Crippen LogP contribution >= 0.6 is 11.6 Å². The Labute approximate surface area is 77.0 Å². The number of aliphatic hydroxyl groups excluding tert-OH is 1. The number of hydrogen-bond acceptors (Lipinski definition) is 2. The van der Waals surface area contributed by atoms with Crippen molar-refractivity contribution in [3.8, 4) is 0 Å². The highest BCUT2D eigenvalue weighted by atomic mass is 35.5. The molecule has 1 aromatic carbocycles. The van der Waals surface area contributed by atoms with Crippen LogP contribution in [0.1, 0.15) is 17.2 Å². The van der Waals surface area contributed by atoms with Crippen LogP contribution in [0.3, 0.4) is 0 Å². The van der Waals surface area contributed by atoms with Crippen LogP contribution in [0.15, 0.2) is 18.2 Å². The Hall–Kier alpha value is -0.570. The molecule has 0 radical (unpaired) electrons. The summed E-state index contributed by atoms with van der Waals surface area (Å²) in [7, 11) is 0. The molecule has 12 heavy (non-hydrogen) atoms. The zero-order valence-electron chi connectivity index (χ0n) is 6.92. The van der Waals surface area contributed by atoms with Crippen molar-refractivity contribution in [2.75, 3.05) is 6.61 Å². The molecule has 0 amide bonds. The molecule has 0 saturated heterocycles. The van der Waals surface area contributed by atoms with Gasteiger partial charge in [-0.3, -0.25) is 0 Å². The predicted octanol–water partition coefficient (Wildman–Crippen LogP) is 1.64. The molecule has 3 heteroatoms. The van der Waals surface area contributed by atoms with E-state index < -0.39 is 0 Å². The summed E-state index contributed by atoms with van der Waals surface area (Å²) in [5.41, 5.74) is 7.56. The average Bonchev–Trinajstić information content (AvgIpc) is 2.01. The van der Waals surface area contributed by atoms with Crippen LogP contribution in [0.4, 0.5) is 0 Å². The minimum Gasteiger partial charge on any atom is -0.394 e. The summed E-state index contributed by atoms with van der Waals surface area (Å²) >= 11 is 5.81. The lowest BCUT2D eigenvalue weighted by atomic mass is 10.1. The van der Waals surface area contributed by atoms with Crippen molar-refractivity contribution >= 4 is 11.6 Å². The lowest BCUT2D eigenvalue weighted by Gasteiger charge is -2.09. The number of hydrogen-bond donors (Lipinski definition) is 2. The van der Waals surface area contributed by atoms with Crippen molar-refractivity contribution < 1.29 is 5.11 Å². The lowest BCUT2D eigenvalue weighted by molar-refractivity contribution is 0.268. The normalized spacial score (nSPS) is 13.0. The van der Waals surface area contributed by atoms with Gasteiger partial charge in [0.15, 0.2) is 0 Å². The number of nitrogens with two attached hydrogens (primary N) is 1. The molecule has 0 fully saturated rings. The second-order valence-electron chi connectivity index (χ2n) is 2.85. The maximum Gasteiger partial charge on any atom is 0.0624 e. The van der Waals surface area contributed by atoms with Gasteiger partial charge in [-0.25, -0.2) is 0 Å². The quantitative estimate of drug-likeness (QED) is 0.736. The van der Waals surface area contributed by atoms with Gasteiger partial charge in [-0.2, -0.15) is 0 Å². The van der Waals surface area contributed by atoms with Crippen molar-refractivity contribution in [2.24, 2.45) is 5.73 Å². The molecule has 0 aromatic heterocycles. The summed E-state index contributed by atoms with van der Waals surface area (Å²) in [6, 6.07) is 5.22. The van der Waals surface area contributed by atoms with E-state index in [1.54, 1.807) is 6.07 Å². The van der Waals surface area contributed by atoms with Crippen molar-refractivity contribution in [1.82, 2.24) is 0 Å². The number of rotatable bonds is 2. The number of benzene rings is 1. The Balaban J connectivity index is 3.00. The number of aryl methyl sites for hydroxylation is 1. The molecule has 1 rings (SSSR count). The molecule has 0 aliphatic rings. The topological polar surface area (TPSA) is 46.2 Å². The Morgan fingerprint density at radius 2 is 2.17 bits per heavy atom. The Bertz CT molecular complexity index is 255. The number of aliphatic hydroxyl groups is 1. The van der Waals surface area contributed by atoms with Gasteiger partial charge in [0, 0.05) is 5.02 Å². The van der Waals surface area contributed by atoms with E-state index in [9.17, 15) is 0 Å². The molecular weight excluding hydrogens is 174 g/mol. The molecule has 0 aliphatic heterocycles. The zero-order chi connectivity index (χ0) is 9.14. The fourth-order valence-corrected chi connectivity index (χ4v) is 1.38. The molecule has 2 nitrogen and oxygen atoms in total. The molecular formula is C9H12ClNO. The fourth-order valence-electron chi connectivity index (χ4n) is 1.08.